The molecule has 1 N–H and O–H groups in total. The first-order valence-electron chi connectivity index (χ1n) is 8.45. The minimum atomic E-state index is -3.55. The third-order valence-electron chi connectivity index (χ3n) is 4.89. The molecular weight excluding hydrogens is 342 g/mol. The maximum Gasteiger partial charge on any atom is 0.339 e. The van der Waals surface area contributed by atoms with Gasteiger partial charge in [-0.1, -0.05) is 38.8 Å². The molecule has 25 heavy (non-hydrogen) atoms. The van der Waals surface area contributed by atoms with Crippen LogP contribution in [0.4, 0.5) is 0 Å². The Morgan fingerprint density at radius 1 is 1.20 bits per heavy atom. The molecule has 1 saturated carbocycles. The van der Waals surface area contributed by atoms with Gasteiger partial charge in [-0.25, -0.2) is 13.2 Å². The van der Waals surface area contributed by atoms with Gasteiger partial charge in [0.25, 0.3) is 5.91 Å². The maximum absolute atomic E-state index is 12.2. The van der Waals surface area contributed by atoms with E-state index in [1.807, 2.05) is 0 Å². The molecule has 2 rings (SSSR count). The number of esters is 1. The van der Waals surface area contributed by atoms with Gasteiger partial charge in [0.1, 0.15) is 0 Å². The third-order valence-corrected chi connectivity index (χ3v) is 6.05. The summed E-state index contributed by atoms with van der Waals surface area (Å²) >= 11 is 0. The molecule has 1 amide bonds. The number of nitrogens with one attached hydrogen (secondary N) is 1. The quantitative estimate of drug-likeness (QED) is 0.806. The van der Waals surface area contributed by atoms with E-state index in [2.05, 4.69) is 19.2 Å². The maximum atomic E-state index is 12.2. The summed E-state index contributed by atoms with van der Waals surface area (Å²) in [6.45, 7) is 3.86. The van der Waals surface area contributed by atoms with Crippen molar-refractivity contribution in [2.24, 2.45) is 11.8 Å². The summed E-state index contributed by atoms with van der Waals surface area (Å²) < 4.78 is 28.5. The third kappa shape index (κ3) is 5.04. The van der Waals surface area contributed by atoms with Crippen molar-refractivity contribution in [2.75, 3.05) is 12.9 Å². The minimum Gasteiger partial charge on any atom is -0.452 e. The summed E-state index contributed by atoms with van der Waals surface area (Å²) in [6.07, 6.45) is 4.17. The zero-order valence-electron chi connectivity index (χ0n) is 14.8. The van der Waals surface area contributed by atoms with Crippen molar-refractivity contribution in [3.63, 3.8) is 0 Å². The zero-order chi connectivity index (χ0) is 18.6. The van der Waals surface area contributed by atoms with Crippen LogP contribution in [0.1, 0.15) is 43.5 Å². The lowest BCUT2D eigenvalue weighted by Gasteiger charge is -2.34. The fraction of sp³-hybridized carbons (Fsp3) is 0.556. The molecule has 0 aromatic heterocycles. The Labute approximate surface area is 148 Å². The van der Waals surface area contributed by atoms with E-state index in [-0.39, 0.29) is 22.4 Å². The number of ether oxygens (including phenoxy) is 1. The standard InChI is InChI=1S/C18H25NO5S/c1-12-7-6-9-15(13(12)2)19-17(20)11-24-18(21)14-8-4-5-10-16(14)25(3,22)23/h4-5,8,10,12-13,15H,6-7,9,11H2,1-3H3,(H,19,20). The molecule has 1 aliphatic rings. The first kappa shape index (κ1) is 19.4. The number of amides is 1. The Hall–Kier alpha value is -1.89. The first-order chi connectivity index (χ1) is 11.7. The van der Waals surface area contributed by atoms with Gasteiger partial charge in [-0.05, 0) is 30.4 Å². The van der Waals surface area contributed by atoms with Gasteiger partial charge in [0, 0.05) is 12.3 Å². The zero-order valence-corrected chi connectivity index (χ0v) is 15.6. The van der Waals surface area contributed by atoms with Crippen molar-refractivity contribution in [1.82, 2.24) is 5.32 Å². The van der Waals surface area contributed by atoms with Gasteiger partial charge in [-0.2, -0.15) is 0 Å². The molecule has 0 radical (unpaired) electrons. The topological polar surface area (TPSA) is 89.5 Å². The highest BCUT2D eigenvalue weighted by molar-refractivity contribution is 7.90. The lowest BCUT2D eigenvalue weighted by atomic mass is 9.78. The smallest absolute Gasteiger partial charge is 0.339 e. The van der Waals surface area contributed by atoms with Crippen LogP contribution in [0.3, 0.4) is 0 Å². The van der Waals surface area contributed by atoms with Crippen LogP contribution in [-0.2, 0) is 19.4 Å². The predicted octanol–water partition coefficient (Wildman–Crippen LogP) is 2.19. The summed E-state index contributed by atoms with van der Waals surface area (Å²) in [6, 6.07) is 5.89. The number of hydrogen-bond acceptors (Lipinski definition) is 5. The molecule has 0 spiro atoms. The molecule has 0 bridgehead atoms. The van der Waals surface area contributed by atoms with E-state index in [0.29, 0.717) is 11.8 Å². The number of hydrogen-bond donors (Lipinski definition) is 1. The molecule has 0 saturated heterocycles. The number of sulfone groups is 1. The van der Waals surface area contributed by atoms with Gasteiger partial charge in [0.15, 0.2) is 16.4 Å². The van der Waals surface area contributed by atoms with Crippen LogP contribution in [0, 0.1) is 11.8 Å². The Kier molecular flexibility index (Phi) is 6.21. The highest BCUT2D eigenvalue weighted by Crippen LogP contribution is 2.29. The normalized spacial score (nSPS) is 23.7. The van der Waals surface area contributed by atoms with Gasteiger partial charge in [-0.3, -0.25) is 4.79 Å². The average molecular weight is 367 g/mol. The molecule has 3 atom stereocenters. The van der Waals surface area contributed by atoms with Gasteiger partial charge < -0.3 is 10.1 Å². The Balaban J connectivity index is 1.95. The number of rotatable bonds is 5. The predicted molar refractivity (Wildman–Crippen MR) is 93.9 cm³/mol. The van der Waals surface area contributed by atoms with Crippen LogP contribution in [0.25, 0.3) is 0 Å². The van der Waals surface area contributed by atoms with Gasteiger partial charge in [0.05, 0.1) is 10.5 Å². The van der Waals surface area contributed by atoms with Crippen molar-refractivity contribution in [1.29, 1.82) is 0 Å². The lowest BCUT2D eigenvalue weighted by Crippen LogP contribution is -2.45. The van der Waals surface area contributed by atoms with Gasteiger partial charge in [-0.15, -0.1) is 0 Å². The highest BCUT2D eigenvalue weighted by atomic mass is 32.2. The average Bonchev–Trinajstić information content (AvgIpc) is 2.56. The Morgan fingerprint density at radius 3 is 2.56 bits per heavy atom. The second-order valence-electron chi connectivity index (χ2n) is 6.79. The van der Waals surface area contributed by atoms with E-state index in [0.717, 1.165) is 25.5 Å². The molecule has 6 nitrogen and oxygen atoms in total. The molecule has 1 aromatic carbocycles. The molecule has 0 heterocycles. The largest absolute Gasteiger partial charge is 0.452 e. The second kappa shape index (κ2) is 7.99. The van der Waals surface area contributed by atoms with Crippen LogP contribution in [-0.4, -0.2) is 39.2 Å². The fourth-order valence-corrected chi connectivity index (χ4v) is 4.08. The molecule has 3 unspecified atom stereocenters. The molecule has 0 aliphatic heterocycles. The Bertz CT molecular complexity index is 744. The SMILES string of the molecule is CC1CCCC(NC(=O)COC(=O)c2ccccc2S(C)(=O)=O)C1C. The highest BCUT2D eigenvalue weighted by Gasteiger charge is 2.28. The van der Waals surface area contributed by atoms with Crippen molar-refractivity contribution < 1.29 is 22.7 Å². The van der Waals surface area contributed by atoms with Crippen molar-refractivity contribution >= 4 is 21.7 Å². The van der Waals surface area contributed by atoms with Crippen LogP contribution in [0.5, 0.6) is 0 Å². The summed E-state index contributed by atoms with van der Waals surface area (Å²) in [5.74, 6) is -0.264. The van der Waals surface area contributed by atoms with E-state index in [4.69, 9.17) is 4.74 Å². The second-order valence-corrected chi connectivity index (χ2v) is 8.77. The van der Waals surface area contributed by atoms with E-state index < -0.39 is 22.4 Å². The minimum absolute atomic E-state index is 0.0579. The summed E-state index contributed by atoms with van der Waals surface area (Å²) in [4.78, 5) is 24.1. The molecular formula is C18H25NO5S. The molecule has 7 heteroatoms. The Morgan fingerprint density at radius 2 is 1.88 bits per heavy atom. The lowest BCUT2D eigenvalue weighted by molar-refractivity contribution is -0.125. The number of carbonyl (C=O) groups excluding carboxylic acids is 2. The number of benzene rings is 1. The van der Waals surface area contributed by atoms with Crippen LogP contribution < -0.4 is 5.32 Å². The van der Waals surface area contributed by atoms with Crippen LogP contribution >= 0.6 is 0 Å². The molecule has 1 fully saturated rings. The molecule has 1 aliphatic carbocycles. The van der Waals surface area contributed by atoms with E-state index in [9.17, 15) is 18.0 Å². The van der Waals surface area contributed by atoms with Crippen molar-refractivity contribution in [3.8, 4) is 0 Å². The molecule has 138 valence electrons. The molecule has 1 aromatic rings. The first-order valence-corrected chi connectivity index (χ1v) is 10.3. The monoisotopic (exact) mass is 367 g/mol. The van der Waals surface area contributed by atoms with E-state index in [1.54, 1.807) is 6.07 Å². The van der Waals surface area contributed by atoms with E-state index >= 15 is 0 Å². The van der Waals surface area contributed by atoms with Gasteiger partial charge >= 0.3 is 5.97 Å². The van der Waals surface area contributed by atoms with Gasteiger partial charge in [0.2, 0.25) is 0 Å². The van der Waals surface area contributed by atoms with Crippen molar-refractivity contribution in [3.05, 3.63) is 29.8 Å². The summed E-state index contributed by atoms with van der Waals surface area (Å²) in [7, 11) is -3.55. The summed E-state index contributed by atoms with van der Waals surface area (Å²) in [5.41, 5.74) is -0.0579. The number of carbonyl (C=O) groups is 2. The fourth-order valence-electron chi connectivity index (χ4n) is 3.20. The van der Waals surface area contributed by atoms with Crippen LogP contribution in [0.2, 0.25) is 0 Å². The van der Waals surface area contributed by atoms with E-state index in [1.165, 1.54) is 18.2 Å². The van der Waals surface area contributed by atoms with Crippen LogP contribution in [0.15, 0.2) is 29.2 Å². The summed E-state index contributed by atoms with van der Waals surface area (Å²) in [5, 5.41) is 2.92. The van der Waals surface area contributed by atoms with Crippen molar-refractivity contribution in [2.45, 2.75) is 44.0 Å².